The number of nitrogens with one attached hydrogen (secondary N) is 1. The molecule has 0 atom stereocenters. The molecule has 0 radical (unpaired) electrons. The van der Waals surface area contributed by atoms with Gasteiger partial charge in [-0.15, -0.1) is 0 Å². The van der Waals surface area contributed by atoms with Crippen LogP contribution in [0.1, 0.15) is 64.7 Å². The maximum atomic E-state index is 3.84. The predicted octanol–water partition coefficient (Wildman–Crippen LogP) is 3.17. The number of nitrogens with zero attached hydrogens (tertiary/aromatic N) is 1. The summed E-state index contributed by atoms with van der Waals surface area (Å²) in [6.45, 7) is 6.23. The van der Waals surface area contributed by atoms with Crippen LogP contribution < -0.4 is 5.32 Å². The minimum Gasteiger partial charge on any atom is -0.309 e. The second kappa shape index (κ2) is 5.50. The molecule has 1 N–H and O–H groups in total. The van der Waals surface area contributed by atoms with Crippen molar-refractivity contribution >= 4 is 0 Å². The Morgan fingerprint density at radius 3 is 2.50 bits per heavy atom. The van der Waals surface area contributed by atoms with Gasteiger partial charge in [0.15, 0.2) is 0 Å². The smallest absolute Gasteiger partial charge is 0.0309 e. The Bertz CT molecular complexity index is 262. The first-order valence-electron chi connectivity index (χ1n) is 8.30. The van der Waals surface area contributed by atoms with Gasteiger partial charge in [0, 0.05) is 31.2 Å². The molecule has 0 aromatic heterocycles. The lowest BCUT2D eigenvalue weighted by Crippen LogP contribution is -2.61. The summed E-state index contributed by atoms with van der Waals surface area (Å²) in [5.74, 6) is 1.03. The highest BCUT2D eigenvalue weighted by molar-refractivity contribution is 4.99. The fourth-order valence-electron chi connectivity index (χ4n) is 4.60. The molecule has 2 nitrogen and oxygen atoms in total. The van der Waals surface area contributed by atoms with Crippen LogP contribution in [0.4, 0.5) is 0 Å². The van der Waals surface area contributed by atoms with E-state index >= 15 is 0 Å². The lowest BCUT2D eigenvalue weighted by atomic mass is 9.82. The van der Waals surface area contributed by atoms with E-state index < -0.39 is 0 Å². The number of rotatable bonds is 2. The maximum Gasteiger partial charge on any atom is 0.0309 e. The molecule has 0 amide bonds. The molecule has 1 spiro atoms. The second-order valence-electron chi connectivity index (χ2n) is 6.97. The van der Waals surface area contributed by atoms with E-state index in [9.17, 15) is 0 Å². The van der Waals surface area contributed by atoms with Crippen LogP contribution in [0.3, 0.4) is 0 Å². The third-order valence-corrected chi connectivity index (χ3v) is 5.88. The van der Waals surface area contributed by atoms with Crippen LogP contribution in [0.2, 0.25) is 0 Å². The van der Waals surface area contributed by atoms with E-state index in [0.29, 0.717) is 5.54 Å². The molecule has 0 bridgehead atoms. The Hall–Kier alpha value is -0.0800. The van der Waals surface area contributed by atoms with E-state index in [2.05, 4.69) is 17.1 Å². The zero-order chi connectivity index (χ0) is 12.4. The predicted molar refractivity (Wildman–Crippen MR) is 76.8 cm³/mol. The SMILES string of the molecule is CCC1CCC(N2CCNC3(CCCC3)C2)CC1. The van der Waals surface area contributed by atoms with E-state index in [0.717, 1.165) is 12.0 Å². The summed E-state index contributed by atoms with van der Waals surface area (Å²) in [5, 5.41) is 3.84. The molecule has 0 aromatic rings. The van der Waals surface area contributed by atoms with Gasteiger partial charge in [-0.25, -0.2) is 0 Å². The van der Waals surface area contributed by atoms with Gasteiger partial charge in [0.2, 0.25) is 0 Å². The molecule has 2 heteroatoms. The molecular weight excluding hydrogens is 220 g/mol. The van der Waals surface area contributed by atoms with Crippen LogP contribution in [0, 0.1) is 5.92 Å². The van der Waals surface area contributed by atoms with Crippen molar-refractivity contribution in [3.63, 3.8) is 0 Å². The fraction of sp³-hybridized carbons (Fsp3) is 1.00. The average molecular weight is 250 g/mol. The van der Waals surface area contributed by atoms with Crippen LogP contribution in [-0.4, -0.2) is 36.1 Å². The van der Waals surface area contributed by atoms with Crippen molar-refractivity contribution < 1.29 is 0 Å². The van der Waals surface area contributed by atoms with Crippen molar-refractivity contribution in [3.8, 4) is 0 Å². The normalized spacial score (nSPS) is 37.2. The topological polar surface area (TPSA) is 15.3 Å². The molecule has 1 saturated heterocycles. The van der Waals surface area contributed by atoms with Gasteiger partial charge < -0.3 is 5.32 Å². The first-order chi connectivity index (χ1) is 8.81. The molecule has 1 aliphatic heterocycles. The fourth-order valence-corrected chi connectivity index (χ4v) is 4.60. The van der Waals surface area contributed by atoms with Crippen LogP contribution in [0.15, 0.2) is 0 Å². The molecule has 0 aromatic carbocycles. The molecule has 3 aliphatic rings. The molecule has 0 unspecified atom stereocenters. The van der Waals surface area contributed by atoms with Crippen molar-refractivity contribution in [1.82, 2.24) is 10.2 Å². The van der Waals surface area contributed by atoms with Gasteiger partial charge in [0.1, 0.15) is 0 Å². The average Bonchev–Trinajstić information content (AvgIpc) is 2.87. The second-order valence-corrected chi connectivity index (χ2v) is 6.97. The van der Waals surface area contributed by atoms with Crippen molar-refractivity contribution in [2.45, 2.75) is 76.3 Å². The molecule has 1 heterocycles. The van der Waals surface area contributed by atoms with Gasteiger partial charge in [-0.1, -0.05) is 26.2 Å². The van der Waals surface area contributed by atoms with Crippen molar-refractivity contribution in [2.24, 2.45) is 5.92 Å². The molecule has 2 saturated carbocycles. The summed E-state index contributed by atoms with van der Waals surface area (Å²) in [5.41, 5.74) is 0.514. The zero-order valence-corrected chi connectivity index (χ0v) is 12.1. The van der Waals surface area contributed by atoms with Crippen LogP contribution in [0.25, 0.3) is 0 Å². The third kappa shape index (κ3) is 2.60. The largest absolute Gasteiger partial charge is 0.309 e. The summed E-state index contributed by atoms with van der Waals surface area (Å²) in [6, 6.07) is 0.910. The molecule has 3 rings (SSSR count). The highest BCUT2D eigenvalue weighted by Gasteiger charge is 2.39. The minimum atomic E-state index is 0.514. The Morgan fingerprint density at radius 2 is 1.83 bits per heavy atom. The Labute approximate surface area is 113 Å². The Balaban J connectivity index is 1.56. The van der Waals surface area contributed by atoms with Gasteiger partial charge in [-0.2, -0.15) is 0 Å². The third-order valence-electron chi connectivity index (χ3n) is 5.88. The minimum absolute atomic E-state index is 0.514. The molecule has 104 valence electrons. The van der Waals surface area contributed by atoms with Gasteiger partial charge in [-0.05, 0) is 44.4 Å². The van der Waals surface area contributed by atoms with E-state index in [-0.39, 0.29) is 0 Å². The Kier molecular flexibility index (Phi) is 3.95. The van der Waals surface area contributed by atoms with Crippen LogP contribution in [0.5, 0.6) is 0 Å². The summed E-state index contributed by atoms with van der Waals surface area (Å²) in [6.07, 6.45) is 13.0. The Morgan fingerprint density at radius 1 is 1.11 bits per heavy atom. The van der Waals surface area contributed by atoms with Crippen LogP contribution in [-0.2, 0) is 0 Å². The first-order valence-corrected chi connectivity index (χ1v) is 8.30. The maximum absolute atomic E-state index is 3.84. The van der Waals surface area contributed by atoms with E-state index in [1.165, 1.54) is 77.4 Å². The van der Waals surface area contributed by atoms with Crippen molar-refractivity contribution in [1.29, 1.82) is 0 Å². The lowest BCUT2D eigenvalue weighted by Gasteiger charge is -2.46. The monoisotopic (exact) mass is 250 g/mol. The molecule has 3 fully saturated rings. The van der Waals surface area contributed by atoms with Crippen molar-refractivity contribution in [3.05, 3.63) is 0 Å². The summed E-state index contributed by atoms with van der Waals surface area (Å²) in [7, 11) is 0. The number of piperazine rings is 1. The quantitative estimate of drug-likeness (QED) is 0.810. The van der Waals surface area contributed by atoms with Crippen LogP contribution >= 0.6 is 0 Å². The van der Waals surface area contributed by atoms with Gasteiger partial charge in [-0.3, -0.25) is 4.90 Å². The number of hydrogen-bond donors (Lipinski definition) is 1. The molecular formula is C16H30N2. The highest BCUT2D eigenvalue weighted by atomic mass is 15.2. The number of hydrogen-bond acceptors (Lipinski definition) is 2. The van der Waals surface area contributed by atoms with E-state index in [1.54, 1.807) is 0 Å². The van der Waals surface area contributed by atoms with Crippen molar-refractivity contribution in [2.75, 3.05) is 19.6 Å². The molecule has 2 aliphatic carbocycles. The van der Waals surface area contributed by atoms with E-state index in [1.807, 2.05) is 0 Å². The van der Waals surface area contributed by atoms with Gasteiger partial charge in [0.25, 0.3) is 0 Å². The van der Waals surface area contributed by atoms with E-state index in [4.69, 9.17) is 0 Å². The first kappa shape index (κ1) is 12.9. The summed E-state index contributed by atoms with van der Waals surface area (Å²) >= 11 is 0. The highest BCUT2D eigenvalue weighted by Crippen LogP contribution is 2.35. The molecule has 18 heavy (non-hydrogen) atoms. The lowest BCUT2D eigenvalue weighted by molar-refractivity contribution is 0.0665. The summed E-state index contributed by atoms with van der Waals surface area (Å²) in [4.78, 5) is 2.84. The zero-order valence-electron chi connectivity index (χ0n) is 12.1. The standard InChI is InChI=1S/C16H30N2/c1-2-14-5-7-15(8-6-14)18-12-11-17-16(13-18)9-3-4-10-16/h14-15,17H,2-13H2,1H3. The van der Waals surface area contributed by atoms with Gasteiger partial charge in [0.05, 0.1) is 0 Å². The summed E-state index contributed by atoms with van der Waals surface area (Å²) < 4.78 is 0. The van der Waals surface area contributed by atoms with Gasteiger partial charge >= 0.3 is 0 Å².